The van der Waals surface area contributed by atoms with E-state index in [9.17, 15) is 4.79 Å². The van der Waals surface area contributed by atoms with Gasteiger partial charge in [-0.3, -0.25) is 9.78 Å². The third kappa shape index (κ3) is 4.24. The Balaban J connectivity index is 1.46. The Morgan fingerprint density at radius 2 is 1.55 bits per heavy atom. The molecule has 5 nitrogen and oxygen atoms in total. The first kappa shape index (κ1) is 19.0. The molecule has 3 aromatic rings. The van der Waals surface area contributed by atoms with Gasteiger partial charge in [0.25, 0.3) is 5.91 Å². The van der Waals surface area contributed by atoms with Gasteiger partial charge in [0.2, 0.25) is 0 Å². The van der Waals surface area contributed by atoms with Gasteiger partial charge in [0, 0.05) is 50.3 Å². The lowest BCUT2D eigenvalue weighted by molar-refractivity contribution is 0.0746. The maximum Gasteiger partial charge on any atom is 0.255 e. The molecule has 1 saturated heterocycles. The van der Waals surface area contributed by atoms with Gasteiger partial charge < -0.3 is 14.7 Å². The third-order valence-corrected chi connectivity index (χ3v) is 5.35. The van der Waals surface area contributed by atoms with E-state index in [0.29, 0.717) is 18.7 Å². The van der Waals surface area contributed by atoms with Crippen LogP contribution in [-0.2, 0) is 0 Å². The lowest BCUT2D eigenvalue weighted by atomic mass is 10.2. The van der Waals surface area contributed by atoms with Crippen LogP contribution < -0.4 is 9.80 Å². The van der Waals surface area contributed by atoms with E-state index >= 15 is 0 Å². The van der Waals surface area contributed by atoms with E-state index in [1.54, 1.807) is 6.20 Å². The molecule has 0 saturated carbocycles. The summed E-state index contributed by atoms with van der Waals surface area (Å²) < 4.78 is 0. The molecule has 1 aliphatic rings. The first-order valence-electron chi connectivity index (χ1n) is 10.1. The average molecular weight is 386 g/mol. The predicted molar refractivity (Wildman–Crippen MR) is 118 cm³/mol. The number of carbonyl (C=O) groups excluding carboxylic acids is 1. The summed E-state index contributed by atoms with van der Waals surface area (Å²) in [5, 5.41) is 0. The molecule has 5 heteroatoms. The normalized spacial score (nSPS) is 14.0. The van der Waals surface area contributed by atoms with Crippen molar-refractivity contribution in [3.8, 4) is 0 Å². The van der Waals surface area contributed by atoms with Crippen molar-refractivity contribution in [1.82, 2.24) is 9.88 Å². The van der Waals surface area contributed by atoms with E-state index in [4.69, 9.17) is 0 Å². The fourth-order valence-electron chi connectivity index (χ4n) is 3.80. The fraction of sp³-hybridized carbons (Fsp3) is 0.250. The molecule has 1 aromatic heterocycles. The van der Waals surface area contributed by atoms with Crippen molar-refractivity contribution in [3.63, 3.8) is 0 Å². The molecule has 1 aliphatic heterocycles. The maximum atomic E-state index is 13.1. The molecule has 1 fully saturated rings. The molecule has 0 aliphatic carbocycles. The Hall–Kier alpha value is -3.34. The number of hydrogen-bond acceptors (Lipinski definition) is 4. The van der Waals surface area contributed by atoms with Crippen LogP contribution in [0.15, 0.2) is 79.1 Å². The zero-order valence-corrected chi connectivity index (χ0v) is 16.7. The number of amides is 1. The van der Waals surface area contributed by atoms with Gasteiger partial charge in [-0.2, -0.15) is 0 Å². The highest BCUT2D eigenvalue weighted by atomic mass is 16.2. The molecule has 148 valence electrons. The van der Waals surface area contributed by atoms with E-state index in [1.165, 1.54) is 5.69 Å². The topological polar surface area (TPSA) is 39.7 Å². The number of aromatic nitrogens is 1. The van der Waals surface area contributed by atoms with Gasteiger partial charge in [-0.25, -0.2) is 0 Å². The number of pyridine rings is 1. The van der Waals surface area contributed by atoms with Crippen LogP contribution in [0.5, 0.6) is 0 Å². The largest absolute Gasteiger partial charge is 0.368 e. The van der Waals surface area contributed by atoms with Crippen LogP contribution in [0.25, 0.3) is 0 Å². The molecule has 0 unspecified atom stereocenters. The summed E-state index contributed by atoms with van der Waals surface area (Å²) in [5.41, 5.74) is 3.89. The Morgan fingerprint density at radius 1 is 0.897 bits per heavy atom. The Labute approximate surface area is 172 Å². The molecule has 0 bridgehead atoms. The number of nitrogens with zero attached hydrogens (tertiary/aromatic N) is 4. The van der Waals surface area contributed by atoms with Crippen LogP contribution in [-0.4, -0.2) is 48.5 Å². The number of anilines is 3. The van der Waals surface area contributed by atoms with E-state index in [-0.39, 0.29) is 5.91 Å². The maximum absolute atomic E-state index is 13.1. The van der Waals surface area contributed by atoms with E-state index < -0.39 is 0 Å². The summed E-state index contributed by atoms with van der Waals surface area (Å²) in [5.74, 6) is 0.0520. The van der Waals surface area contributed by atoms with Crippen molar-refractivity contribution < 1.29 is 4.79 Å². The number of benzene rings is 2. The predicted octanol–water partition coefficient (Wildman–Crippen LogP) is 4.20. The quantitative estimate of drug-likeness (QED) is 0.659. The molecule has 2 aromatic carbocycles. The van der Waals surface area contributed by atoms with Gasteiger partial charge in [0.1, 0.15) is 0 Å². The van der Waals surface area contributed by atoms with Gasteiger partial charge >= 0.3 is 0 Å². The van der Waals surface area contributed by atoms with Crippen LogP contribution in [0.3, 0.4) is 0 Å². The second-order valence-corrected chi connectivity index (χ2v) is 7.13. The molecule has 4 rings (SSSR count). The van der Waals surface area contributed by atoms with Gasteiger partial charge in [0.05, 0.1) is 17.4 Å². The van der Waals surface area contributed by atoms with Crippen LogP contribution in [0.2, 0.25) is 0 Å². The van der Waals surface area contributed by atoms with Crippen molar-refractivity contribution in [2.45, 2.75) is 6.92 Å². The summed E-state index contributed by atoms with van der Waals surface area (Å²) in [4.78, 5) is 23.9. The second kappa shape index (κ2) is 8.78. The van der Waals surface area contributed by atoms with Gasteiger partial charge in [-0.05, 0) is 37.3 Å². The van der Waals surface area contributed by atoms with E-state index in [0.717, 1.165) is 31.0 Å². The van der Waals surface area contributed by atoms with Crippen LogP contribution >= 0.6 is 0 Å². The monoisotopic (exact) mass is 386 g/mol. The average Bonchev–Trinajstić information content (AvgIpc) is 2.81. The Bertz CT molecular complexity index is 937. The molecule has 1 amide bonds. The van der Waals surface area contributed by atoms with Gasteiger partial charge in [-0.15, -0.1) is 0 Å². The molecule has 29 heavy (non-hydrogen) atoms. The minimum atomic E-state index is 0.0520. The summed E-state index contributed by atoms with van der Waals surface area (Å²) in [6.07, 6.45) is 3.49. The minimum Gasteiger partial charge on any atom is -0.368 e. The van der Waals surface area contributed by atoms with Crippen LogP contribution in [0.4, 0.5) is 17.1 Å². The number of piperazine rings is 1. The number of hydrogen-bond donors (Lipinski definition) is 0. The van der Waals surface area contributed by atoms with Gasteiger partial charge in [0.15, 0.2) is 0 Å². The molecule has 0 atom stereocenters. The minimum absolute atomic E-state index is 0.0520. The summed E-state index contributed by atoms with van der Waals surface area (Å²) >= 11 is 0. The Kier molecular flexibility index (Phi) is 5.75. The van der Waals surface area contributed by atoms with Crippen molar-refractivity contribution in [1.29, 1.82) is 0 Å². The molecular formula is C24H26N4O. The number of rotatable bonds is 5. The zero-order valence-electron chi connectivity index (χ0n) is 16.7. The van der Waals surface area contributed by atoms with Crippen molar-refractivity contribution in [3.05, 3.63) is 84.7 Å². The fourth-order valence-corrected chi connectivity index (χ4v) is 3.80. The highest BCUT2D eigenvalue weighted by molar-refractivity contribution is 5.95. The summed E-state index contributed by atoms with van der Waals surface area (Å²) in [7, 11) is 0. The lowest BCUT2D eigenvalue weighted by Crippen LogP contribution is -2.48. The van der Waals surface area contributed by atoms with Crippen molar-refractivity contribution >= 4 is 23.0 Å². The first-order valence-corrected chi connectivity index (χ1v) is 10.1. The Morgan fingerprint density at radius 3 is 2.21 bits per heavy atom. The van der Waals surface area contributed by atoms with Gasteiger partial charge in [-0.1, -0.05) is 36.4 Å². The molecular weight excluding hydrogens is 360 g/mol. The number of para-hydroxylation sites is 2. The SMILES string of the molecule is CCN(c1ccccc1)c1cncc(C(=O)N2CCN(c3ccccc3)CC2)c1. The van der Waals surface area contributed by atoms with E-state index in [1.807, 2.05) is 41.4 Å². The van der Waals surface area contributed by atoms with Crippen molar-refractivity contribution in [2.24, 2.45) is 0 Å². The van der Waals surface area contributed by atoms with Crippen LogP contribution in [0, 0.1) is 0 Å². The highest BCUT2D eigenvalue weighted by Gasteiger charge is 2.23. The molecule has 0 radical (unpaired) electrons. The third-order valence-electron chi connectivity index (χ3n) is 5.35. The second-order valence-electron chi connectivity index (χ2n) is 7.13. The number of carbonyl (C=O) groups is 1. The van der Waals surface area contributed by atoms with Crippen LogP contribution in [0.1, 0.15) is 17.3 Å². The van der Waals surface area contributed by atoms with Crippen molar-refractivity contribution in [2.75, 3.05) is 42.5 Å². The molecule has 0 spiro atoms. The van der Waals surface area contributed by atoms with E-state index in [2.05, 4.69) is 58.1 Å². The lowest BCUT2D eigenvalue weighted by Gasteiger charge is -2.36. The first-order chi connectivity index (χ1) is 14.3. The summed E-state index contributed by atoms with van der Waals surface area (Å²) in [6.45, 7) is 6.02. The molecule has 0 N–H and O–H groups in total. The highest BCUT2D eigenvalue weighted by Crippen LogP contribution is 2.25. The smallest absolute Gasteiger partial charge is 0.255 e. The molecule has 2 heterocycles. The zero-order chi connectivity index (χ0) is 20.1. The summed E-state index contributed by atoms with van der Waals surface area (Å²) in [6, 6.07) is 22.5. The standard InChI is InChI=1S/C24H26N4O/c1-2-28(22-11-7-4-8-12-22)23-17-20(18-25-19-23)24(29)27-15-13-26(14-16-27)21-9-5-3-6-10-21/h3-12,17-19H,2,13-16H2,1H3.